The minimum Gasteiger partial charge on any atom is -0.263 e. The van der Waals surface area contributed by atoms with Gasteiger partial charge in [0.05, 0.1) is 18.0 Å². The molecule has 15 heavy (non-hydrogen) atoms. The van der Waals surface area contributed by atoms with Gasteiger partial charge in [-0.2, -0.15) is 0 Å². The van der Waals surface area contributed by atoms with Gasteiger partial charge >= 0.3 is 0 Å². The Morgan fingerprint density at radius 1 is 1.47 bits per heavy atom. The molecule has 0 aliphatic carbocycles. The maximum absolute atomic E-state index is 11.6. The van der Waals surface area contributed by atoms with Gasteiger partial charge in [-0.3, -0.25) is 4.31 Å². The number of sulfonamides is 1. The molecule has 0 radical (unpaired) electrons. The van der Waals surface area contributed by atoms with Crippen LogP contribution >= 0.6 is 0 Å². The molecule has 4 heteroatoms. The van der Waals surface area contributed by atoms with E-state index in [2.05, 4.69) is 6.58 Å². The fraction of sp³-hybridized carbons (Fsp3) is 0.273. The van der Waals surface area contributed by atoms with Gasteiger partial charge in [0.2, 0.25) is 10.0 Å². The van der Waals surface area contributed by atoms with E-state index in [1.165, 1.54) is 10.6 Å². The lowest BCUT2D eigenvalue weighted by atomic mass is 10.1. The van der Waals surface area contributed by atoms with Crippen LogP contribution < -0.4 is 4.31 Å². The van der Waals surface area contributed by atoms with Crippen molar-refractivity contribution in [1.82, 2.24) is 0 Å². The van der Waals surface area contributed by atoms with Crippen molar-refractivity contribution >= 4 is 15.7 Å². The van der Waals surface area contributed by atoms with Gasteiger partial charge in [0.15, 0.2) is 0 Å². The first-order valence-electron chi connectivity index (χ1n) is 4.74. The lowest BCUT2D eigenvalue weighted by molar-refractivity contribution is 0.594. The first kappa shape index (κ1) is 10.2. The van der Waals surface area contributed by atoms with E-state index in [0.717, 1.165) is 11.3 Å². The molecule has 1 heterocycles. The van der Waals surface area contributed by atoms with Crippen molar-refractivity contribution < 1.29 is 8.42 Å². The van der Waals surface area contributed by atoms with Gasteiger partial charge in [-0.15, -0.1) is 6.58 Å². The molecule has 1 aliphatic rings. The van der Waals surface area contributed by atoms with E-state index in [0.29, 0.717) is 6.42 Å². The molecule has 0 saturated carbocycles. The van der Waals surface area contributed by atoms with Crippen molar-refractivity contribution in [2.45, 2.75) is 12.5 Å². The first-order valence-corrected chi connectivity index (χ1v) is 6.59. The Hall–Kier alpha value is -1.29. The first-order chi connectivity index (χ1) is 7.04. The summed E-state index contributed by atoms with van der Waals surface area (Å²) in [6.07, 6.45) is 3.62. The van der Waals surface area contributed by atoms with Crippen molar-refractivity contribution in [2.24, 2.45) is 0 Å². The zero-order chi connectivity index (χ0) is 11.1. The fourth-order valence-electron chi connectivity index (χ4n) is 1.99. The second kappa shape index (κ2) is 3.38. The van der Waals surface area contributed by atoms with Gasteiger partial charge in [-0.05, 0) is 18.1 Å². The van der Waals surface area contributed by atoms with Gasteiger partial charge in [0.1, 0.15) is 0 Å². The molecule has 2 rings (SSSR count). The summed E-state index contributed by atoms with van der Waals surface area (Å²) in [5.41, 5.74) is 1.85. The Morgan fingerprint density at radius 2 is 2.13 bits per heavy atom. The third-order valence-corrected chi connectivity index (χ3v) is 3.77. The highest BCUT2D eigenvalue weighted by atomic mass is 32.2. The van der Waals surface area contributed by atoms with E-state index < -0.39 is 10.0 Å². The summed E-state index contributed by atoms with van der Waals surface area (Å²) in [5, 5.41) is 0. The number of anilines is 1. The van der Waals surface area contributed by atoms with E-state index in [9.17, 15) is 8.42 Å². The molecular formula is C11H13NO2S. The van der Waals surface area contributed by atoms with Crippen molar-refractivity contribution in [1.29, 1.82) is 0 Å². The molecule has 0 amide bonds. The number of para-hydroxylation sites is 1. The molecule has 1 atom stereocenters. The Kier molecular flexibility index (Phi) is 2.31. The molecular weight excluding hydrogens is 210 g/mol. The van der Waals surface area contributed by atoms with Crippen molar-refractivity contribution in [3.63, 3.8) is 0 Å². The summed E-state index contributed by atoms with van der Waals surface area (Å²) in [5.74, 6) is 0. The van der Waals surface area contributed by atoms with E-state index >= 15 is 0 Å². The summed E-state index contributed by atoms with van der Waals surface area (Å²) < 4.78 is 24.7. The van der Waals surface area contributed by atoms with Gasteiger partial charge in [-0.25, -0.2) is 8.42 Å². The smallest absolute Gasteiger partial charge is 0.232 e. The lowest BCUT2D eigenvalue weighted by Crippen LogP contribution is -2.35. The minimum atomic E-state index is -3.22. The number of hydrogen-bond acceptors (Lipinski definition) is 2. The number of rotatable bonds is 2. The molecule has 0 bridgehead atoms. The molecule has 0 saturated heterocycles. The maximum Gasteiger partial charge on any atom is 0.232 e. The monoisotopic (exact) mass is 223 g/mol. The number of hydrogen-bond donors (Lipinski definition) is 0. The predicted molar refractivity (Wildman–Crippen MR) is 61.5 cm³/mol. The molecule has 0 N–H and O–H groups in total. The molecule has 0 spiro atoms. The van der Waals surface area contributed by atoms with Crippen LogP contribution in [0.2, 0.25) is 0 Å². The average Bonchev–Trinajstić information content (AvgIpc) is 2.54. The third-order valence-electron chi connectivity index (χ3n) is 2.59. The van der Waals surface area contributed by atoms with Crippen LogP contribution in [-0.4, -0.2) is 20.7 Å². The van der Waals surface area contributed by atoms with Crippen LogP contribution in [0, 0.1) is 0 Å². The number of fused-ring (bicyclic) bond motifs is 1. The maximum atomic E-state index is 11.6. The highest BCUT2D eigenvalue weighted by Gasteiger charge is 2.32. The van der Waals surface area contributed by atoms with Gasteiger partial charge < -0.3 is 0 Å². The molecule has 1 aromatic carbocycles. The molecule has 0 fully saturated rings. The standard InChI is InChI=1S/C11H13NO2S/c1-3-10-8-9-6-4-5-7-11(9)12(10)15(2,13)14/h3-7,10H,1,8H2,2H3/t10-/m1/s1. The van der Waals surface area contributed by atoms with Crippen LogP contribution in [0.1, 0.15) is 5.56 Å². The summed E-state index contributed by atoms with van der Waals surface area (Å²) in [6.45, 7) is 3.68. The Labute approximate surface area is 90.1 Å². The van der Waals surface area contributed by atoms with E-state index in [4.69, 9.17) is 0 Å². The molecule has 1 aromatic rings. The molecule has 3 nitrogen and oxygen atoms in total. The molecule has 80 valence electrons. The normalized spacial score (nSPS) is 20.1. The van der Waals surface area contributed by atoms with Crippen molar-refractivity contribution in [2.75, 3.05) is 10.6 Å². The van der Waals surface area contributed by atoms with Crippen LogP contribution in [-0.2, 0) is 16.4 Å². The van der Waals surface area contributed by atoms with Crippen molar-refractivity contribution in [3.8, 4) is 0 Å². The van der Waals surface area contributed by atoms with Crippen LogP contribution in [0.3, 0.4) is 0 Å². The third kappa shape index (κ3) is 1.65. The molecule has 1 aliphatic heterocycles. The highest BCUT2D eigenvalue weighted by molar-refractivity contribution is 7.92. The van der Waals surface area contributed by atoms with E-state index in [1.807, 2.05) is 24.3 Å². The van der Waals surface area contributed by atoms with Crippen LogP contribution in [0.15, 0.2) is 36.9 Å². The summed E-state index contributed by atoms with van der Waals surface area (Å²) in [4.78, 5) is 0. The van der Waals surface area contributed by atoms with Gasteiger partial charge in [0.25, 0.3) is 0 Å². The number of benzene rings is 1. The zero-order valence-electron chi connectivity index (χ0n) is 8.55. The van der Waals surface area contributed by atoms with Crippen molar-refractivity contribution in [3.05, 3.63) is 42.5 Å². The summed E-state index contributed by atoms with van der Waals surface area (Å²) in [6, 6.07) is 7.42. The predicted octanol–water partition coefficient (Wildman–Crippen LogP) is 1.56. The topological polar surface area (TPSA) is 37.4 Å². The molecule has 0 unspecified atom stereocenters. The Balaban J connectivity index is 2.57. The van der Waals surface area contributed by atoms with E-state index in [1.54, 1.807) is 6.08 Å². The SMILES string of the molecule is C=C[C@@H]1Cc2ccccc2N1S(C)(=O)=O. The minimum absolute atomic E-state index is 0.141. The quantitative estimate of drug-likeness (QED) is 0.714. The van der Waals surface area contributed by atoms with Gasteiger partial charge in [0, 0.05) is 0 Å². The van der Waals surface area contributed by atoms with E-state index in [-0.39, 0.29) is 6.04 Å². The highest BCUT2D eigenvalue weighted by Crippen LogP contribution is 2.34. The second-order valence-electron chi connectivity index (χ2n) is 3.69. The Morgan fingerprint density at radius 3 is 2.73 bits per heavy atom. The van der Waals surface area contributed by atoms with Crippen LogP contribution in [0.25, 0.3) is 0 Å². The summed E-state index contributed by atoms with van der Waals surface area (Å²) in [7, 11) is -3.22. The fourth-order valence-corrected chi connectivity index (χ4v) is 3.18. The summed E-state index contributed by atoms with van der Waals surface area (Å²) >= 11 is 0. The largest absolute Gasteiger partial charge is 0.263 e. The zero-order valence-corrected chi connectivity index (χ0v) is 9.37. The molecule has 0 aromatic heterocycles. The second-order valence-corrected chi connectivity index (χ2v) is 5.55. The van der Waals surface area contributed by atoms with Crippen LogP contribution in [0.5, 0.6) is 0 Å². The average molecular weight is 223 g/mol. The Bertz CT molecular complexity index is 493. The number of nitrogens with zero attached hydrogens (tertiary/aromatic N) is 1. The van der Waals surface area contributed by atoms with Crippen LogP contribution in [0.4, 0.5) is 5.69 Å². The van der Waals surface area contributed by atoms with Gasteiger partial charge in [-0.1, -0.05) is 24.3 Å². The lowest BCUT2D eigenvalue weighted by Gasteiger charge is -2.22.